The Labute approximate surface area is 163 Å². The third-order valence-electron chi connectivity index (χ3n) is 4.47. The quantitative estimate of drug-likeness (QED) is 0.429. The second-order valence-corrected chi connectivity index (χ2v) is 7.48. The summed E-state index contributed by atoms with van der Waals surface area (Å²) in [5, 5.41) is 3.91. The predicted molar refractivity (Wildman–Crippen MR) is 112 cm³/mol. The summed E-state index contributed by atoms with van der Waals surface area (Å²) in [6, 6.07) is 16.0. The summed E-state index contributed by atoms with van der Waals surface area (Å²) in [5.41, 5.74) is 4.01. The van der Waals surface area contributed by atoms with Gasteiger partial charge in [0.15, 0.2) is 0 Å². The Bertz CT molecular complexity index is 1260. The zero-order valence-electron chi connectivity index (χ0n) is 14.8. The van der Waals surface area contributed by atoms with Crippen molar-refractivity contribution in [1.29, 1.82) is 0 Å². The molecule has 1 heterocycles. The lowest BCUT2D eigenvalue weighted by Crippen LogP contribution is -2.12. The highest BCUT2D eigenvalue weighted by molar-refractivity contribution is 9.10. The minimum absolute atomic E-state index is 0.0659. The Morgan fingerprint density at radius 1 is 0.963 bits per heavy atom. The number of anilines is 1. The van der Waals surface area contributed by atoms with Crippen LogP contribution in [0.1, 0.15) is 21.5 Å². The molecule has 0 aliphatic heterocycles. The molecular formula is C22H16BrNO3. The van der Waals surface area contributed by atoms with Crippen LogP contribution in [0.25, 0.3) is 21.9 Å². The van der Waals surface area contributed by atoms with Gasteiger partial charge in [0, 0.05) is 21.8 Å². The lowest BCUT2D eigenvalue weighted by Gasteiger charge is -2.08. The van der Waals surface area contributed by atoms with Gasteiger partial charge in [0.1, 0.15) is 11.2 Å². The monoisotopic (exact) mass is 421 g/mol. The maximum Gasteiger partial charge on any atom is 0.255 e. The number of amides is 1. The molecule has 0 atom stereocenters. The van der Waals surface area contributed by atoms with Crippen LogP contribution in [0.4, 0.5) is 5.69 Å². The van der Waals surface area contributed by atoms with Gasteiger partial charge in [-0.05, 0) is 67.4 Å². The molecule has 27 heavy (non-hydrogen) atoms. The van der Waals surface area contributed by atoms with E-state index in [1.165, 1.54) is 0 Å². The number of fused-ring (bicyclic) bond motifs is 2. The molecule has 4 rings (SSSR count). The molecule has 134 valence electrons. The van der Waals surface area contributed by atoms with Gasteiger partial charge in [-0.15, -0.1) is 0 Å². The predicted octanol–water partition coefficient (Wildman–Crippen LogP) is 5.58. The average molecular weight is 422 g/mol. The molecule has 0 unspecified atom stereocenters. The highest BCUT2D eigenvalue weighted by Crippen LogP contribution is 2.25. The van der Waals surface area contributed by atoms with E-state index in [1.54, 1.807) is 30.3 Å². The van der Waals surface area contributed by atoms with Crippen molar-refractivity contribution in [1.82, 2.24) is 0 Å². The molecule has 0 spiro atoms. The molecule has 0 radical (unpaired) electrons. The van der Waals surface area contributed by atoms with Crippen molar-refractivity contribution in [3.8, 4) is 0 Å². The Balaban J connectivity index is 1.78. The molecule has 0 aliphatic rings. The zero-order valence-corrected chi connectivity index (χ0v) is 16.4. The van der Waals surface area contributed by atoms with E-state index in [0.29, 0.717) is 33.2 Å². The van der Waals surface area contributed by atoms with Gasteiger partial charge in [-0.2, -0.15) is 0 Å². The van der Waals surface area contributed by atoms with Gasteiger partial charge in [-0.3, -0.25) is 9.59 Å². The number of hydrogen-bond donors (Lipinski definition) is 1. The standard InChI is InChI=1S/C22H16BrNO3/c1-12-9-13(2)21-18(10-12)20(25)17-8-7-16(11-19(17)27-21)24-22(26)14-3-5-15(23)6-4-14/h3-11H,1-2H3,(H,24,26). The van der Waals surface area contributed by atoms with Crippen LogP contribution in [0, 0.1) is 13.8 Å². The number of aryl methyl sites for hydroxylation is 2. The number of carbonyl (C=O) groups excluding carboxylic acids is 1. The molecule has 4 aromatic rings. The maximum atomic E-state index is 12.8. The number of rotatable bonds is 2. The van der Waals surface area contributed by atoms with Crippen LogP contribution >= 0.6 is 15.9 Å². The highest BCUT2D eigenvalue weighted by Gasteiger charge is 2.12. The average Bonchev–Trinajstić information content (AvgIpc) is 2.63. The third kappa shape index (κ3) is 3.26. The van der Waals surface area contributed by atoms with Crippen molar-refractivity contribution >= 4 is 49.5 Å². The molecule has 5 heteroatoms. The molecule has 0 fully saturated rings. The molecule has 0 bridgehead atoms. The maximum absolute atomic E-state index is 12.8. The SMILES string of the molecule is Cc1cc(C)c2oc3cc(NC(=O)c4ccc(Br)cc4)ccc3c(=O)c2c1. The van der Waals surface area contributed by atoms with Crippen molar-refractivity contribution in [2.24, 2.45) is 0 Å². The van der Waals surface area contributed by atoms with Gasteiger partial charge < -0.3 is 9.73 Å². The van der Waals surface area contributed by atoms with Crippen LogP contribution in [0.3, 0.4) is 0 Å². The first kappa shape index (κ1) is 17.5. The van der Waals surface area contributed by atoms with Crippen LogP contribution in [0.2, 0.25) is 0 Å². The second kappa shape index (κ2) is 6.67. The molecule has 4 nitrogen and oxygen atoms in total. The van der Waals surface area contributed by atoms with Gasteiger partial charge in [0.2, 0.25) is 5.43 Å². The first-order valence-electron chi connectivity index (χ1n) is 8.47. The highest BCUT2D eigenvalue weighted by atomic mass is 79.9. The van der Waals surface area contributed by atoms with E-state index >= 15 is 0 Å². The topological polar surface area (TPSA) is 59.3 Å². The Morgan fingerprint density at radius 2 is 1.70 bits per heavy atom. The van der Waals surface area contributed by atoms with E-state index in [0.717, 1.165) is 15.6 Å². The van der Waals surface area contributed by atoms with Gasteiger partial charge in [0.25, 0.3) is 5.91 Å². The lowest BCUT2D eigenvalue weighted by molar-refractivity contribution is 0.102. The largest absolute Gasteiger partial charge is 0.455 e. The first-order valence-corrected chi connectivity index (χ1v) is 9.26. The van der Waals surface area contributed by atoms with Crippen molar-refractivity contribution in [3.63, 3.8) is 0 Å². The summed E-state index contributed by atoms with van der Waals surface area (Å²) in [5.74, 6) is -0.225. The molecule has 1 amide bonds. The van der Waals surface area contributed by atoms with Crippen molar-refractivity contribution in [2.75, 3.05) is 5.32 Å². The molecule has 0 saturated heterocycles. The third-order valence-corrected chi connectivity index (χ3v) is 4.99. The van der Waals surface area contributed by atoms with E-state index in [9.17, 15) is 9.59 Å². The molecule has 1 N–H and O–H groups in total. The van der Waals surface area contributed by atoms with E-state index in [1.807, 2.05) is 38.1 Å². The minimum Gasteiger partial charge on any atom is -0.455 e. The number of halogens is 1. The summed E-state index contributed by atoms with van der Waals surface area (Å²) in [6.07, 6.45) is 0. The van der Waals surface area contributed by atoms with Gasteiger partial charge >= 0.3 is 0 Å². The summed E-state index contributed by atoms with van der Waals surface area (Å²) in [4.78, 5) is 25.2. The van der Waals surface area contributed by atoms with E-state index in [4.69, 9.17) is 4.42 Å². The molecule has 3 aromatic carbocycles. The number of nitrogens with one attached hydrogen (secondary N) is 1. The zero-order chi connectivity index (χ0) is 19.1. The van der Waals surface area contributed by atoms with Crippen molar-refractivity contribution in [2.45, 2.75) is 13.8 Å². The summed E-state index contributed by atoms with van der Waals surface area (Å²) >= 11 is 3.35. The van der Waals surface area contributed by atoms with Gasteiger partial charge in [-0.25, -0.2) is 0 Å². The van der Waals surface area contributed by atoms with E-state index in [-0.39, 0.29) is 11.3 Å². The normalized spacial score (nSPS) is 11.1. The first-order chi connectivity index (χ1) is 12.9. The van der Waals surface area contributed by atoms with Crippen LogP contribution in [-0.4, -0.2) is 5.91 Å². The second-order valence-electron chi connectivity index (χ2n) is 6.56. The van der Waals surface area contributed by atoms with Gasteiger partial charge in [-0.1, -0.05) is 22.0 Å². The summed E-state index contributed by atoms with van der Waals surface area (Å²) < 4.78 is 6.91. The molecule has 0 aliphatic carbocycles. The van der Waals surface area contributed by atoms with Crippen molar-refractivity contribution in [3.05, 3.63) is 86.0 Å². The van der Waals surface area contributed by atoms with E-state index < -0.39 is 0 Å². The van der Waals surface area contributed by atoms with Crippen molar-refractivity contribution < 1.29 is 9.21 Å². The fourth-order valence-corrected chi connectivity index (χ4v) is 3.45. The van der Waals surface area contributed by atoms with Gasteiger partial charge in [0.05, 0.1) is 10.8 Å². The Kier molecular flexibility index (Phi) is 4.32. The van der Waals surface area contributed by atoms with Crippen LogP contribution in [-0.2, 0) is 0 Å². The minimum atomic E-state index is -0.225. The van der Waals surface area contributed by atoms with Crippen LogP contribution in [0.15, 0.2) is 68.3 Å². The molecular weight excluding hydrogens is 406 g/mol. The Morgan fingerprint density at radius 3 is 2.44 bits per heavy atom. The number of carbonyl (C=O) groups is 1. The molecule has 0 saturated carbocycles. The number of hydrogen-bond acceptors (Lipinski definition) is 3. The van der Waals surface area contributed by atoms with Crippen LogP contribution < -0.4 is 10.7 Å². The number of benzene rings is 3. The summed E-state index contributed by atoms with van der Waals surface area (Å²) in [7, 11) is 0. The smallest absolute Gasteiger partial charge is 0.255 e. The fraction of sp³-hybridized carbons (Fsp3) is 0.0909. The van der Waals surface area contributed by atoms with Crippen LogP contribution in [0.5, 0.6) is 0 Å². The lowest BCUT2D eigenvalue weighted by atomic mass is 10.1. The Hall–Kier alpha value is -2.92. The van der Waals surface area contributed by atoms with E-state index in [2.05, 4.69) is 21.2 Å². The fourth-order valence-electron chi connectivity index (χ4n) is 3.19. The molecule has 1 aromatic heterocycles. The summed E-state index contributed by atoms with van der Waals surface area (Å²) in [6.45, 7) is 3.88.